The fourth-order valence-electron chi connectivity index (χ4n) is 3.06. The first-order valence-electron chi connectivity index (χ1n) is 6.55. The molecule has 0 aromatic carbocycles. The number of nitrogens with zero attached hydrogens (tertiary/aromatic N) is 3. The molecule has 0 amide bonds. The van der Waals surface area contributed by atoms with Crippen LogP contribution in [0.25, 0.3) is 0 Å². The first-order chi connectivity index (χ1) is 8.27. The SMILES string of the molecule is C[C@@H]1CC(O)c2ncnc(N3CCCCC3)c21. The molecule has 0 radical (unpaired) electrons. The molecule has 0 spiro atoms. The van der Waals surface area contributed by atoms with Crippen LogP contribution < -0.4 is 4.90 Å². The largest absolute Gasteiger partial charge is 0.387 e. The standard InChI is InChI=1S/C13H19N3O/c1-9-7-10(17)12-11(9)13(15-8-14-12)16-5-3-2-4-6-16/h8-10,17H,2-7H2,1H3/t9-,10?/m1/s1. The molecule has 1 aromatic rings. The van der Waals surface area contributed by atoms with E-state index in [0.29, 0.717) is 5.92 Å². The van der Waals surface area contributed by atoms with Crippen molar-refractivity contribution in [1.29, 1.82) is 0 Å². The first-order valence-corrected chi connectivity index (χ1v) is 6.55. The van der Waals surface area contributed by atoms with Gasteiger partial charge in [0, 0.05) is 18.7 Å². The zero-order valence-electron chi connectivity index (χ0n) is 10.3. The second kappa shape index (κ2) is 4.26. The molecule has 1 aromatic heterocycles. The summed E-state index contributed by atoms with van der Waals surface area (Å²) in [6.45, 7) is 4.34. The number of rotatable bonds is 1. The molecule has 0 bridgehead atoms. The topological polar surface area (TPSA) is 49.3 Å². The van der Waals surface area contributed by atoms with E-state index < -0.39 is 6.10 Å². The van der Waals surface area contributed by atoms with Gasteiger partial charge in [0.1, 0.15) is 12.1 Å². The van der Waals surface area contributed by atoms with E-state index in [9.17, 15) is 5.11 Å². The summed E-state index contributed by atoms with van der Waals surface area (Å²) in [5.41, 5.74) is 2.04. The second-order valence-electron chi connectivity index (χ2n) is 5.20. The van der Waals surface area contributed by atoms with Crippen LogP contribution in [0.5, 0.6) is 0 Å². The maximum Gasteiger partial charge on any atom is 0.135 e. The molecule has 2 atom stereocenters. The molecular formula is C13H19N3O. The van der Waals surface area contributed by atoms with Gasteiger partial charge in [-0.15, -0.1) is 0 Å². The van der Waals surface area contributed by atoms with Crippen molar-refractivity contribution in [2.24, 2.45) is 0 Å². The van der Waals surface area contributed by atoms with Crippen LogP contribution in [0.15, 0.2) is 6.33 Å². The molecular weight excluding hydrogens is 214 g/mol. The summed E-state index contributed by atoms with van der Waals surface area (Å²) in [5.74, 6) is 1.44. The molecule has 2 aliphatic rings. The average Bonchev–Trinajstić information content (AvgIpc) is 2.66. The molecule has 2 heterocycles. The molecule has 1 aliphatic carbocycles. The Morgan fingerprint density at radius 2 is 2.00 bits per heavy atom. The minimum Gasteiger partial charge on any atom is -0.387 e. The van der Waals surface area contributed by atoms with Crippen molar-refractivity contribution >= 4 is 5.82 Å². The molecule has 1 aliphatic heterocycles. The van der Waals surface area contributed by atoms with Gasteiger partial charge in [-0.25, -0.2) is 9.97 Å². The molecule has 92 valence electrons. The highest BCUT2D eigenvalue weighted by molar-refractivity contribution is 5.53. The van der Waals surface area contributed by atoms with Gasteiger partial charge >= 0.3 is 0 Å². The van der Waals surface area contributed by atoms with Gasteiger partial charge in [0.15, 0.2) is 0 Å². The van der Waals surface area contributed by atoms with Crippen LogP contribution in [0.2, 0.25) is 0 Å². The van der Waals surface area contributed by atoms with Crippen molar-refractivity contribution in [2.75, 3.05) is 18.0 Å². The Labute approximate surface area is 102 Å². The van der Waals surface area contributed by atoms with E-state index in [1.807, 2.05) is 0 Å². The van der Waals surface area contributed by atoms with E-state index in [-0.39, 0.29) is 0 Å². The lowest BCUT2D eigenvalue weighted by Crippen LogP contribution is -2.31. The molecule has 1 N–H and O–H groups in total. The van der Waals surface area contributed by atoms with E-state index in [1.54, 1.807) is 6.33 Å². The van der Waals surface area contributed by atoms with Crippen molar-refractivity contribution in [3.05, 3.63) is 17.6 Å². The normalized spacial score (nSPS) is 28.2. The van der Waals surface area contributed by atoms with Crippen molar-refractivity contribution in [3.63, 3.8) is 0 Å². The summed E-state index contributed by atoms with van der Waals surface area (Å²) in [4.78, 5) is 11.1. The number of hydrogen-bond donors (Lipinski definition) is 1. The van der Waals surface area contributed by atoms with Gasteiger partial charge in [0.25, 0.3) is 0 Å². The van der Waals surface area contributed by atoms with Crippen molar-refractivity contribution in [2.45, 2.75) is 44.6 Å². The highest BCUT2D eigenvalue weighted by atomic mass is 16.3. The summed E-state index contributed by atoms with van der Waals surface area (Å²) in [6, 6.07) is 0. The zero-order chi connectivity index (χ0) is 11.8. The number of aromatic nitrogens is 2. The average molecular weight is 233 g/mol. The number of aliphatic hydroxyl groups excluding tert-OH is 1. The second-order valence-corrected chi connectivity index (χ2v) is 5.20. The Bertz CT molecular complexity index is 415. The first kappa shape index (κ1) is 11.0. The predicted octanol–water partition coefficient (Wildman–Crippen LogP) is 2.01. The van der Waals surface area contributed by atoms with E-state index >= 15 is 0 Å². The third-order valence-corrected chi connectivity index (χ3v) is 3.93. The fourth-order valence-corrected chi connectivity index (χ4v) is 3.06. The van der Waals surface area contributed by atoms with Gasteiger partial charge in [0.2, 0.25) is 0 Å². The smallest absolute Gasteiger partial charge is 0.135 e. The van der Waals surface area contributed by atoms with E-state index in [2.05, 4.69) is 21.8 Å². The van der Waals surface area contributed by atoms with Crippen LogP contribution in [0.3, 0.4) is 0 Å². The Morgan fingerprint density at radius 3 is 2.76 bits per heavy atom. The summed E-state index contributed by atoms with van der Waals surface area (Å²) in [6.07, 6.45) is 5.80. The lowest BCUT2D eigenvalue weighted by atomic mass is 10.0. The van der Waals surface area contributed by atoms with Crippen molar-refractivity contribution in [3.8, 4) is 0 Å². The quantitative estimate of drug-likeness (QED) is 0.806. The van der Waals surface area contributed by atoms with Crippen molar-refractivity contribution in [1.82, 2.24) is 9.97 Å². The summed E-state index contributed by atoms with van der Waals surface area (Å²) >= 11 is 0. The van der Waals surface area contributed by atoms with Crippen molar-refractivity contribution < 1.29 is 5.11 Å². The van der Waals surface area contributed by atoms with E-state index in [0.717, 1.165) is 31.0 Å². The van der Waals surface area contributed by atoms with Gasteiger partial charge in [0.05, 0.1) is 11.8 Å². The predicted molar refractivity (Wildman–Crippen MR) is 66.1 cm³/mol. The molecule has 4 heteroatoms. The van der Waals surface area contributed by atoms with Crippen LogP contribution in [-0.4, -0.2) is 28.2 Å². The summed E-state index contributed by atoms with van der Waals surface area (Å²) < 4.78 is 0. The minimum atomic E-state index is -0.397. The molecule has 4 nitrogen and oxygen atoms in total. The molecule has 1 unspecified atom stereocenters. The number of anilines is 1. The van der Waals surface area contributed by atoms with Gasteiger partial charge in [-0.05, 0) is 31.6 Å². The van der Waals surface area contributed by atoms with Crippen LogP contribution in [0, 0.1) is 0 Å². The Morgan fingerprint density at radius 1 is 1.24 bits per heavy atom. The monoisotopic (exact) mass is 233 g/mol. The third kappa shape index (κ3) is 1.80. The Kier molecular flexibility index (Phi) is 2.74. The third-order valence-electron chi connectivity index (χ3n) is 3.93. The maximum absolute atomic E-state index is 9.97. The summed E-state index contributed by atoms with van der Waals surface area (Å²) in [7, 11) is 0. The van der Waals surface area contributed by atoms with Gasteiger partial charge in [-0.2, -0.15) is 0 Å². The highest BCUT2D eigenvalue weighted by Gasteiger charge is 2.32. The van der Waals surface area contributed by atoms with Gasteiger partial charge in [-0.3, -0.25) is 0 Å². The lowest BCUT2D eigenvalue weighted by molar-refractivity contribution is 0.170. The Balaban J connectivity index is 2.00. The fraction of sp³-hybridized carbons (Fsp3) is 0.692. The van der Waals surface area contributed by atoms with Crippen LogP contribution in [-0.2, 0) is 0 Å². The maximum atomic E-state index is 9.97. The number of aliphatic hydroxyl groups is 1. The highest BCUT2D eigenvalue weighted by Crippen LogP contribution is 2.42. The molecule has 17 heavy (non-hydrogen) atoms. The van der Waals surface area contributed by atoms with Crippen LogP contribution in [0.4, 0.5) is 5.82 Å². The van der Waals surface area contributed by atoms with Gasteiger partial charge in [-0.1, -0.05) is 6.92 Å². The molecule has 1 fully saturated rings. The number of piperidine rings is 1. The number of hydrogen-bond acceptors (Lipinski definition) is 4. The lowest BCUT2D eigenvalue weighted by Gasteiger charge is -2.29. The van der Waals surface area contributed by atoms with E-state index in [4.69, 9.17) is 0 Å². The van der Waals surface area contributed by atoms with Crippen LogP contribution in [0.1, 0.15) is 55.9 Å². The molecule has 3 rings (SSSR count). The van der Waals surface area contributed by atoms with E-state index in [1.165, 1.54) is 24.8 Å². The number of fused-ring (bicyclic) bond motifs is 1. The molecule has 1 saturated heterocycles. The minimum absolute atomic E-state index is 0.373. The zero-order valence-corrected chi connectivity index (χ0v) is 10.3. The molecule has 0 saturated carbocycles. The summed E-state index contributed by atoms with van der Waals surface area (Å²) in [5, 5.41) is 9.97. The Hall–Kier alpha value is -1.16. The van der Waals surface area contributed by atoms with Crippen LogP contribution >= 0.6 is 0 Å². The van der Waals surface area contributed by atoms with Gasteiger partial charge < -0.3 is 10.0 Å².